The molecular weight excluding hydrogens is 481 g/mol. The van der Waals surface area contributed by atoms with E-state index < -0.39 is 0 Å². The molecule has 6 nitrogen and oxygen atoms in total. The Morgan fingerprint density at radius 3 is 2.62 bits per heavy atom. The smallest absolute Gasteiger partial charge is 0.191 e. The van der Waals surface area contributed by atoms with Gasteiger partial charge in [-0.05, 0) is 42.7 Å². The number of ether oxygens (including phenoxy) is 3. The molecule has 0 spiro atoms. The minimum atomic E-state index is 0. The molecule has 29 heavy (non-hydrogen) atoms. The Morgan fingerprint density at radius 1 is 1.10 bits per heavy atom. The van der Waals surface area contributed by atoms with Gasteiger partial charge in [0.15, 0.2) is 17.5 Å². The van der Waals surface area contributed by atoms with Crippen molar-refractivity contribution in [2.75, 3.05) is 33.9 Å². The molecule has 1 heterocycles. The molecule has 0 saturated carbocycles. The van der Waals surface area contributed by atoms with Crippen LogP contribution < -0.4 is 24.8 Å². The third-order valence-electron chi connectivity index (χ3n) is 4.67. The van der Waals surface area contributed by atoms with Gasteiger partial charge in [0.1, 0.15) is 11.9 Å². The summed E-state index contributed by atoms with van der Waals surface area (Å²) in [6.45, 7) is 4.27. The zero-order valence-electron chi connectivity index (χ0n) is 17.2. The van der Waals surface area contributed by atoms with Crippen molar-refractivity contribution in [2.45, 2.75) is 25.9 Å². The summed E-state index contributed by atoms with van der Waals surface area (Å²) in [6.07, 6.45) is 1.86. The molecule has 0 saturated heterocycles. The van der Waals surface area contributed by atoms with Gasteiger partial charge in [0.25, 0.3) is 0 Å². The van der Waals surface area contributed by atoms with Crippen LogP contribution in [-0.4, -0.2) is 45.9 Å². The van der Waals surface area contributed by atoms with Crippen molar-refractivity contribution in [3.8, 4) is 17.2 Å². The molecule has 7 heteroatoms. The van der Waals surface area contributed by atoms with Crippen molar-refractivity contribution >= 4 is 29.9 Å². The highest BCUT2D eigenvalue weighted by Gasteiger charge is 2.21. The third kappa shape index (κ3) is 6.42. The Labute approximate surface area is 190 Å². The van der Waals surface area contributed by atoms with Gasteiger partial charge >= 0.3 is 0 Å². The lowest BCUT2D eigenvalue weighted by Crippen LogP contribution is -2.39. The Balaban J connectivity index is 0.00000300. The second-order valence-electron chi connectivity index (χ2n) is 6.64. The van der Waals surface area contributed by atoms with Gasteiger partial charge in [-0.2, -0.15) is 0 Å². The van der Waals surface area contributed by atoms with E-state index in [4.69, 9.17) is 19.2 Å². The van der Waals surface area contributed by atoms with Crippen LogP contribution in [0.1, 0.15) is 18.1 Å². The molecule has 158 valence electrons. The van der Waals surface area contributed by atoms with Gasteiger partial charge in [-0.1, -0.05) is 24.3 Å². The number of aliphatic imine (C=N–C) groups is 1. The molecular formula is C22H30IN3O3. The summed E-state index contributed by atoms with van der Waals surface area (Å²) in [6, 6.07) is 14.2. The Morgan fingerprint density at radius 2 is 1.90 bits per heavy atom. The highest BCUT2D eigenvalue weighted by atomic mass is 127. The Kier molecular flexibility index (Phi) is 9.37. The number of methoxy groups -OCH3 is 2. The number of hydrogen-bond acceptors (Lipinski definition) is 4. The minimum absolute atomic E-state index is 0. The molecule has 1 aliphatic rings. The van der Waals surface area contributed by atoms with Gasteiger partial charge in [-0.15, -0.1) is 24.0 Å². The van der Waals surface area contributed by atoms with Crippen molar-refractivity contribution in [2.24, 2.45) is 4.99 Å². The fraction of sp³-hybridized carbons (Fsp3) is 0.409. The van der Waals surface area contributed by atoms with Gasteiger partial charge in [-0.25, -0.2) is 4.99 Å². The summed E-state index contributed by atoms with van der Waals surface area (Å²) >= 11 is 0. The molecule has 2 aromatic rings. The van der Waals surface area contributed by atoms with Crippen molar-refractivity contribution in [1.82, 2.24) is 10.6 Å². The van der Waals surface area contributed by atoms with E-state index in [1.165, 1.54) is 11.1 Å². The first kappa shape index (κ1) is 23.1. The van der Waals surface area contributed by atoms with Gasteiger partial charge in [0, 0.05) is 19.5 Å². The highest BCUT2D eigenvalue weighted by molar-refractivity contribution is 14.0. The summed E-state index contributed by atoms with van der Waals surface area (Å²) in [5.74, 6) is 3.28. The number of hydrogen-bond donors (Lipinski definition) is 2. The van der Waals surface area contributed by atoms with Crippen LogP contribution in [0.15, 0.2) is 47.5 Å². The van der Waals surface area contributed by atoms with E-state index in [1.54, 1.807) is 14.2 Å². The zero-order chi connectivity index (χ0) is 19.8. The Hall–Kier alpha value is -2.16. The second-order valence-corrected chi connectivity index (χ2v) is 6.64. The summed E-state index contributed by atoms with van der Waals surface area (Å²) in [7, 11) is 3.30. The SMILES string of the molecule is CCNC(=NCC1Cc2ccccc2O1)NCCc1ccc(OC)c(OC)c1.I. The minimum Gasteiger partial charge on any atom is -0.493 e. The van der Waals surface area contributed by atoms with E-state index in [-0.39, 0.29) is 30.1 Å². The predicted molar refractivity (Wildman–Crippen MR) is 127 cm³/mol. The molecule has 0 fully saturated rings. The van der Waals surface area contributed by atoms with Crippen LogP contribution in [0.5, 0.6) is 17.2 Å². The van der Waals surface area contributed by atoms with E-state index >= 15 is 0 Å². The normalized spacial score (nSPS) is 15.0. The number of nitrogens with zero attached hydrogens (tertiary/aromatic N) is 1. The fourth-order valence-corrected chi connectivity index (χ4v) is 3.25. The van der Waals surface area contributed by atoms with E-state index in [0.717, 1.165) is 49.1 Å². The molecule has 3 rings (SSSR count). The average molecular weight is 511 g/mol. The summed E-state index contributed by atoms with van der Waals surface area (Å²) in [4.78, 5) is 4.70. The standard InChI is InChI=1S/C22H29N3O3.HI/c1-4-23-22(25-15-18-14-17-7-5-6-8-19(17)28-18)24-12-11-16-9-10-20(26-2)21(13-16)27-3;/h5-10,13,18H,4,11-12,14-15H2,1-3H3,(H2,23,24,25);1H. The quantitative estimate of drug-likeness (QED) is 0.323. The second kappa shape index (κ2) is 11.7. The van der Waals surface area contributed by atoms with Crippen molar-refractivity contribution in [3.05, 3.63) is 53.6 Å². The van der Waals surface area contributed by atoms with E-state index in [9.17, 15) is 0 Å². The summed E-state index contributed by atoms with van der Waals surface area (Å²) in [5.41, 5.74) is 2.43. The number of halogens is 1. The molecule has 2 aromatic carbocycles. The maximum absolute atomic E-state index is 5.97. The van der Waals surface area contributed by atoms with Crippen LogP contribution in [0, 0.1) is 0 Å². The molecule has 2 N–H and O–H groups in total. The first-order valence-corrected chi connectivity index (χ1v) is 9.71. The summed E-state index contributed by atoms with van der Waals surface area (Å²) < 4.78 is 16.6. The monoisotopic (exact) mass is 511 g/mol. The molecule has 0 amide bonds. The van der Waals surface area contributed by atoms with Crippen molar-refractivity contribution < 1.29 is 14.2 Å². The van der Waals surface area contributed by atoms with E-state index in [1.807, 2.05) is 30.3 Å². The van der Waals surface area contributed by atoms with Gasteiger partial charge in [0.05, 0.1) is 20.8 Å². The molecule has 0 aliphatic carbocycles. The Bertz CT molecular complexity index is 789. The first-order valence-electron chi connectivity index (χ1n) is 9.71. The molecule has 0 radical (unpaired) electrons. The molecule has 0 bridgehead atoms. The zero-order valence-corrected chi connectivity index (χ0v) is 19.6. The predicted octanol–water partition coefficient (Wildman–Crippen LogP) is 3.42. The average Bonchev–Trinajstić information content (AvgIpc) is 3.15. The lowest BCUT2D eigenvalue weighted by atomic mass is 10.1. The number of guanidine groups is 1. The number of nitrogens with one attached hydrogen (secondary N) is 2. The number of fused-ring (bicyclic) bond motifs is 1. The number of rotatable bonds is 8. The molecule has 0 aromatic heterocycles. The number of benzene rings is 2. The van der Waals surface area contributed by atoms with Gasteiger partial charge in [0.2, 0.25) is 0 Å². The third-order valence-corrected chi connectivity index (χ3v) is 4.67. The summed E-state index contributed by atoms with van der Waals surface area (Å²) in [5, 5.41) is 6.69. The maximum Gasteiger partial charge on any atom is 0.191 e. The topological polar surface area (TPSA) is 64.1 Å². The van der Waals surface area contributed by atoms with Crippen LogP contribution in [0.25, 0.3) is 0 Å². The van der Waals surface area contributed by atoms with Crippen molar-refractivity contribution in [3.63, 3.8) is 0 Å². The van der Waals surface area contributed by atoms with Gasteiger partial charge in [-0.3, -0.25) is 0 Å². The van der Waals surface area contributed by atoms with E-state index in [0.29, 0.717) is 6.54 Å². The van der Waals surface area contributed by atoms with Crippen LogP contribution in [0.3, 0.4) is 0 Å². The first-order chi connectivity index (χ1) is 13.7. The van der Waals surface area contributed by atoms with Crippen LogP contribution in [0.2, 0.25) is 0 Å². The lowest BCUT2D eigenvalue weighted by molar-refractivity contribution is 0.241. The fourth-order valence-electron chi connectivity index (χ4n) is 3.25. The molecule has 1 aliphatic heterocycles. The van der Waals surface area contributed by atoms with Crippen molar-refractivity contribution in [1.29, 1.82) is 0 Å². The van der Waals surface area contributed by atoms with E-state index in [2.05, 4.69) is 29.7 Å². The van der Waals surface area contributed by atoms with Crippen LogP contribution >= 0.6 is 24.0 Å². The van der Waals surface area contributed by atoms with Crippen LogP contribution in [-0.2, 0) is 12.8 Å². The van der Waals surface area contributed by atoms with Gasteiger partial charge < -0.3 is 24.8 Å². The number of para-hydroxylation sites is 1. The lowest BCUT2D eigenvalue weighted by Gasteiger charge is -2.14. The molecule has 1 unspecified atom stereocenters. The molecule has 1 atom stereocenters. The maximum atomic E-state index is 5.97. The largest absolute Gasteiger partial charge is 0.493 e. The van der Waals surface area contributed by atoms with Crippen LogP contribution in [0.4, 0.5) is 0 Å². The highest BCUT2D eigenvalue weighted by Crippen LogP contribution is 2.28.